The number of likely N-dealkylation sites (N-methyl/N-ethyl adjacent to an activating group) is 1. The second-order valence-electron chi connectivity index (χ2n) is 6.10. The number of fused-ring (bicyclic) bond motifs is 1. The van der Waals surface area contributed by atoms with E-state index in [0.717, 1.165) is 36.5 Å². The van der Waals surface area contributed by atoms with Gasteiger partial charge in [-0.2, -0.15) is 0 Å². The molecule has 1 aromatic carbocycles. The molecule has 6 heteroatoms. The maximum atomic E-state index is 10.1. The lowest BCUT2D eigenvalue weighted by Crippen LogP contribution is -2.32. The van der Waals surface area contributed by atoms with Crippen molar-refractivity contribution >= 4 is 21.6 Å². The quantitative estimate of drug-likeness (QED) is 0.801. The average molecular weight is 336 g/mol. The van der Waals surface area contributed by atoms with Crippen molar-refractivity contribution in [2.75, 3.05) is 33.4 Å². The van der Waals surface area contributed by atoms with Crippen LogP contribution in [0.25, 0.3) is 10.2 Å². The molecule has 1 saturated heterocycles. The highest BCUT2D eigenvalue weighted by atomic mass is 32.1. The first kappa shape index (κ1) is 16.8. The maximum Gasteiger partial charge on any atom is 0.108 e. The van der Waals surface area contributed by atoms with E-state index < -0.39 is 6.10 Å². The molecule has 0 bridgehead atoms. The first-order valence-electron chi connectivity index (χ1n) is 8.11. The third-order valence-corrected chi connectivity index (χ3v) is 4.92. The van der Waals surface area contributed by atoms with E-state index in [0.29, 0.717) is 19.8 Å². The number of aliphatic hydroxyl groups excluding tert-OH is 1. The highest BCUT2D eigenvalue weighted by Crippen LogP contribution is 2.22. The Morgan fingerprint density at radius 2 is 2.35 bits per heavy atom. The lowest BCUT2D eigenvalue weighted by atomic mass is 10.2. The predicted octanol–water partition coefficient (Wildman–Crippen LogP) is 2.28. The summed E-state index contributed by atoms with van der Waals surface area (Å²) in [5.74, 6) is 0. The molecular weight excluding hydrogens is 312 g/mol. The first-order chi connectivity index (χ1) is 11.2. The molecule has 0 saturated carbocycles. The summed E-state index contributed by atoms with van der Waals surface area (Å²) in [5.41, 5.74) is 1.04. The van der Waals surface area contributed by atoms with Gasteiger partial charge in [0.05, 0.1) is 42.2 Å². The number of hydrogen-bond acceptors (Lipinski definition) is 6. The molecule has 0 amide bonds. The monoisotopic (exact) mass is 336 g/mol. The van der Waals surface area contributed by atoms with E-state index in [9.17, 15) is 5.11 Å². The Balaban J connectivity index is 1.40. The van der Waals surface area contributed by atoms with Gasteiger partial charge in [-0.05, 0) is 32.0 Å². The van der Waals surface area contributed by atoms with E-state index >= 15 is 0 Å². The number of hydrogen-bond donors (Lipinski definition) is 1. The topological polar surface area (TPSA) is 54.8 Å². The molecule has 2 atom stereocenters. The molecule has 2 heterocycles. The molecular formula is C17H24N2O3S. The van der Waals surface area contributed by atoms with Crippen LogP contribution in [-0.2, 0) is 16.0 Å². The minimum Gasteiger partial charge on any atom is -0.389 e. The minimum atomic E-state index is -0.490. The number of benzene rings is 1. The number of aromatic nitrogens is 1. The van der Waals surface area contributed by atoms with Crippen molar-refractivity contribution in [1.29, 1.82) is 0 Å². The Labute approximate surface area is 140 Å². The highest BCUT2D eigenvalue weighted by Gasteiger charge is 2.17. The van der Waals surface area contributed by atoms with Gasteiger partial charge in [0.1, 0.15) is 5.01 Å². The van der Waals surface area contributed by atoms with Crippen molar-refractivity contribution in [3.05, 3.63) is 29.3 Å². The zero-order valence-corrected chi connectivity index (χ0v) is 14.3. The SMILES string of the molecule is CN(Cc1nc2ccccc2s1)CC(O)COCC1CCCO1. The van der Waals surface area contributed by atoms with Crippen molar-refractivity contribution in [3.63, 3.8) is 0 Å². The largest absolute Gasteiger partial charge is 0.389 e. The van der Waals surface area contributed by atoms with E-state index in [1.165, 1.54) is 4.70 Å². The van der Waals surface area contributed by atoms with Crippen LogP contribution in [-0.4, -0.2) is 60.6 Å². The molecule has 0 radical (unpaired) electrons. The second kappa shape index (κ2) is 8.17. The molecule has 5 nitrogen and oxygen atoms in total. The lowest BCUT2D eigenvalue weighted by molar-refractivity contribution is -0.0238. The minimum absolute atomic E-state index is 0.211. The molecule has 1 fully saturated rings. The Hall–Kier alpha value is -1.05. The van der Waals surface area contributed by atoms with Crippen LogP contribution < -0.4 is 0 Å². The number of thiazole rings is 1. The predicted molar refractivity (Wildman–Crippen MR) is 91.8 cm³/mol. The van der Waals surface area contributed by atoms with Crippen LogP contribution in [0.4, 0.5) is 0 Å². The molecule has 2 unspecified atom stereocenters. The van der Waals surface area contributed by atoms with Crippen LogP contribution in [0.5, 0.6) is 0 Å². The number of aliphatic hydroxyl groups is 1. The summed E-state index contributed by atoms with van der Waals surface area (Å²) in [7, 11) is 2.00. The van der Waals surface area contributed by atoms with Gasteiger partial charge >= 0.3 is 0 Å². The van der Waals surface area contributed by atoms with Gasteiger partial charge in [-0.1, -0.05) is 12.1 Å². The van der Waals surface area contributed by atoms with Gasteiger partial charge in [0.25, 0.3) is 0 Å². The van der Waals surface area contributed by atoms with E-state index in [1.54, 1.807) is 11.3 Å². The van der Waals surface area contributed by atoms with Crippen LogP contribution in [0.3, 0.4) is 0 Å². The van der Waals surface area contributed by atoms with Crippen molar-refractivity contribution < 1.29 is 14.6 Å². The summed E-state index contributed by atoms with van der Waals surface area (Å²) in [4.78, 5) is 6.70. The molecule has 0 aliphatic carbocycles. The summed E-state index contributed by atoms with van der Waals surface area (Å²) in [6.07, 6.45) is 1.90. The number of ether oxygens (including phenoxy) is 2. The highest BCUT2D eigenvalue weighted by molar-refractivity contribution is 7.18. The van der Waals surface area contributed by atoms with Gasteiger partial charge < -0.3 is 14.6 Å². The fourth-order valence-electron chi connectivity index (χ4n) is 2.81. The van der Waals surface area contributed by atoms with E-state index in [2.05, 4.69) is 16.0 Å². The molecule has 2 aromatic rings. The molecule has 1 aliphatic heterocycles. The van der Waals surface area contributed by atoms with Crippen LogP contribution >= 0.6 is 11.3 Å². The Bertz CT molecular complexity index is 580. The molecule has 0 spiro atoms. The summed E-state index contributed by atoms with van der Waals surface area (Å²) < 4.78 is 12.3. The third-order valence-electron chi connectivity index (χ3n) is 3.90. The molecule has 3 rings (SSSR count). The maximum absolute atomic E-state index is 10.1. The van der Waals surface area contributed by atoms with Gasteiger partial charge in [0, 0.05) is 13.2 Å². The summed E-state index contributed by atoms with van der Waals surface area (Å²) in [6, 6.07) is 8.15. The van der Waals surface area contributed by atoms with Crippen LogP contribution in [0, 0.1) is 0 Å². The normalized spacial score (nSPS) is 19.7. The van der Waals surface area contributed by atoms with Gasteiger partial charge in [-0.3, -0.25) is 4.90 Å². The van der Waals surface area contributed by atoms with Gasteiger partial charge in [0.2, 0.25) is 0 Å². The van der Waals surface area contributed by atoms with Gasteiger partial charge in [0.15, 0.2) is 0 Å². The van der Waals surface area contributed by atoms with Crippen molar-refractivity contribution in [2.24, 2.45) is 0 Å². The molecule has 23 heavy (non-hydrogen) atoms. The Morgan fingerprint density at radius 1 is 1.48 bits per heavy atom. The van der Waals surface area contributed by atoms with Crippen LogP contribution in [0.15, 0.2) is 24.3 Å². The summed E-state index contributed by atoms with van der Waals surface area (Å²) in [6.45, 7) is 3.08. The van der Waals surface area contributed by atoms with E-state index in [1.807, 2.05) is 25.2 Å². The number of nitrogens with zero attached hydrogens (tertiary/aromatic N) is 2. The van der Waals surface area contributed by atoms with Crippen molar-refractivity contribution in [2.45, 2.75) is 31.6 Å². The smallest absolute Gasteiger partial charge is 0.108 e. The molecule has 1 aromatic heterocycles. The van der Waals surface area contributed by atoms with Crippen LogP contribution in [0.1, 0.15) is 17.8 Å². The zero-order chi connectivity index (χ0) is 16.1. The standard InChI is InChI=1S/C17H24N2O3S/c1-19(9-13(20)11-21-12-14-5-4-8-22-14)10-17-18-15-6-2-3-7-16(15)23-17/h2-3,6-7,13-14,20H,4-5,8-12H2,1H3. The van der Waals surface area contributed by atoms with E-state index in [4.69, 9.17) is 9.47 Å². The zero-order valence-electron chi connectivity index (χ0n) is 13.5. The fraction of sp³-hybridized carbons (Fsp3) is 0.588. The Morgan fingerprint density at radius 3 is 3.13 bits per heavy atom. The number of para-hydroxylation sites is 1. The van der Waals surface area contributed by atoms with Gasteiger partial charge in [-0.25, -0.2) is 4.98 Å². The third kappa shape index (κ3) is 4.96. The van der Waals surface area contributed by atoms with E-state index in [-0.39, 0.29) is 6.10 Å². The van der Waals surface area contributed by atoms with Crippen LogP contribution in [0.2, 0.25) is 0 Å². The second-order valence-corrected chi connectivity index (χ2v) is 7.21. The van der Waals surface area contributed by atoms with Crippen molar-refractivity contribution in [1.82, 2.24) is 9.88 Å². The summed E-state index contributed by atoms with van der Waals surface area (Å²) in [5, 5.41) is 11.2. The van der Waals surface area contributed by atoms with Crippen molar-refractivity contribution in [3.8, 4) is 0 Å². The Kier molecular flexibility index (Phi) is 5.96. The number of rotatable bonds is 8. The lowest BCUT2D eigenvalue weighted by Gasteiger charge is -2.20. The fourth-order valence-corrected chi connectivity index (χ4v) is 3.85. The first-order valence-corrected chi connectivity index (χ1v) is 8.93. The molecule has 126 valence electrons. The summed E-state index contributed by atoms with van der Waals surface area (Å²) >= 11 is 1.71. The molecule has 1 aliphatic rings. The molecule has 1 N–H and O–H groups in total. The van der Waals surface area contributed by atoms with Gasteiger partial charge in [-0.15, -0.1) is 11.3 Å². The average Bonchev–Trinajstić information content (AvgIpc) is 3.15.